The molecule has 0 aliphatic rings. The van der Waals surface area contributed by atoms with Gasteiger partial charge in [-0.2, -0.15) is 0 Å². The number of ketones is 1. The van der Waals surface area contributed by atoms with E-state index in [0.29, 0.717) is 0 Å². The second-order valence-electron chi connectivity index (χ2n) is 3.24. The maximum atomic E-state index is 10.6. The number of carbonyl (C=O) groups is 1. The van der Waals surface area contributed by atoms with Crippen molar-refractivity contribution in [3.8, 4) is 0 Å². The summed E-state index contributed by atoms with van der Waals surface area (Å²) < 4.78 is 0. The van der Waals surface area contributed by atoms with Crippen LogP contribution < -0.4 is 0 Å². The maximum Gasteiger partial charge on any atom is 0.152 e. The summed E-state index contributed by atoms with van der Waals surface area (Å²) in [4.78, 5) is 10.6. The lowest BCUT2D eigenvalue weighted by Crippen LogP contribution is -1.77. The van der Waals surface area contributed by atoms with E-state index in [1.54, 1.807) is 12.2 Å². The molecule has 72 valence electrons. The van der Waals surface area contributed by atoms with E-state index in [4.69, 9.17) is 0 Å². The molecule has 0 saturated heterocycles. The highest BCUT2D eigenvalue weighted by Crippen LogP contribution is 2.04. The average Bonchev–Trinajstić information content (AvgIpc) is 2.15. The van der Waals surface area contributed by atoms with Gasteiger partial charge in [-0.3, -0.25) is 4.79 Å². The first-order valence-electron chi connectivity index (χ1n) is 4.60. The Hall–Kier alpha value is -1.63. The van der Waals surface area contributed by atoms with E-state index >= 15 is 0 Å². The van der Waals surface area contributed by atoms with Crippen molar-refractivity contribution in [2.75, 3.05) is 0 Å². The normalized spacial score (nSPS) is 11.3. The molecule has 14 heavy (non-hydrogen) atoms. The van der Waals surface area contributed by atoms with Crippen LogP contribution in [-0.4, -0.2) is 5.78 Å². The topological polar surface area (TPSA) is 17.1 Å². The SMILES string of the molecule is CC(=O)/C=C/C=C/c1ccc(C)cc1. The van der Waals surface area contributed by atoms with Crippen LogP contribution in [0.15, 0.2) is 42.5 Å². The van der Waals surface area contributed by atoms with Gasteiger partial charge in [0.1, 0.15) is 0 Å². The van der Waals surface area contributed by atoms with E-state index in [2.05, 4.69) is 19.1 Å². The Morgan fingerprint density at radius 3 is 2.36 bits per heavy atom. The zero-order chi connectivity index (χ0) is 10.4. The summed E-state index contributed by atoms with van der Waals surface area (Å²) in [6, 6.07) is 8.23. The first kappa shape index (κ1) is 10.5. The number of benzene rings is 1. The monoisotopic (exact) mass is 186 g/mol. The molecule has 0 atom stereocenters. The second-order valence-corrected chi connectivity index (χ2v) is 3.24. The minimum absolute atomic E-state index is 0.0681. The smallest absolute Gasteiger partial charge is 0.152 e. The molecule has 1 aromatic rings. The van der Waals surface area contributed by atoms with Crippen LogP contribution in [0.4, 0.5) is 0 Å². The molecule has 0 spiro atoms. The number of allylic oxidation sites excluding steroid dienone is 3. The van der Waals surface area contributed by atoms with Gasteiger partial charge < -0.3 is 0 Å². The minimum Gasteiger partial charge on any atom is -0.295 e. The van der Waals surface area contributed by atoms with Crippen LogP contribution in [0.25, 0.3) is 6.08 Å². The Kier molecular flexibility index (Phi) is 3.86. The van der Waals surface area contributed by atoms with Crippen molar-refractivity contribution in [1.82, 2.24) is 0 Å². The van der Waals surface area contributed by atoms with Crippen molar-refractivity contribution < 1.29 is 4.79 Å². The Morgan fingerprint density at radius 2 is 1.79 bits per heavy atom. The molecule has 1 heteroatoms. The van der Waals surface area contributed by atoms with Gasteiger partial charge in [-0.15, -0.1) is 0 Å². The fourth-order valence-corrected chi connectivity index (χ4v) is 1.04. The lowest BCUT2D eigenvalue weighted by Gasteiger charge is -1.92. The molecular weight excluding hydrogens is 172 g/mol. The van der Waals surface area contributed by atoms with Gasteiger partial charge in [0.25, 0.3) is 0 Å². The van der Waals surface area contributed by atoms with Gasteiger partial charge in [0.05, 0.1) is 0 Å². The van der Waals surface area contributed by atoms with E-state index in [-0.39, 0.29) is 5.78 Å². The molecule has 0 fully saturated rings. The quantitative estimate of drug-likeness (QED) is 0.523. The van der Waals surface area contributed by atoms with Gasteiger partial charge in [-0.05, 0) is 25.5 Å². The van der Waals surface area contributed by atoms with E-state index in [9.17, 15) is 4.79 Å². The molecule has 0 aliphatic heterocycles. The first-order valence-corrected chi connectivity index (χ1v) is 4.60. The molecule has 1 rings (SSSR count). The van der Waals surface area contributed by atoms with Crippen LogP contribution in [0, 0.1) is 6.92 Å². The van der Waals surface area contributed by atoms with Crippen LogP contribution in [0.3, 0.4) is 0 Å². The molecule has 1 aromatic carbocycles. The third-order valence-corrected chi connectivity index (χ3v) is 1.81. The highest BCUT2D eigenvalue weighted by atomic mass is 16.1. The van der Waals surface area contributed by atoms with Crippen molar-refractivity contribution in [3.05, 3.63) is 53.6 Å². The van der Waals surface area contributed by atoms with E-state index in [1.807, 2.05) is 24.3 Å². The lowest BCUT2D eigenvalue weighted by molar-refractivity contribution is -0.112. The first-order chi connectivity index (χ1) is 6.68. The third-order valence-electron chi connectivity index (χ3n) is 1.81. The zero-order valence-electron chi connectivity index (χ0n) is 8.53. The largest absolute Gasteiger partial charge is 0.295 e. The van der Waals surface area contributed by atoms with Crippen LogP contribution >= 0.6 is 0 Å². The Balaban J connectivity index is 2.60. The zero-order valence-corrected chi connectivity index (χ0v) is 8.53. The maximum absolute atomic E-state index is 10.6. The van der Waals surface area contributed by atoms with Gasteiger partial charge in [-0.25, -0.2) is 0 Å². The Labute approximate surface area is 84.8 Å². The number of carbonyl (C=O) groups excluding carboxylic acids is 1. The van der Waals surface area contributed by atoms with Crippen molar-refractivity contribution in [1.29, 1.82) is 0 Å². The summed E-state index contributed by atoms with van der Waals surface area (Å²) >= 11 is 0. The van der Waals surface area contributed by atoms with Crippen LogP contribution in [0.1, 0.15) is 18.1 Å². The fourth-order valence-electron chi connectivity index (χ4n) is 1.04. The highest BCUT2D eigenvalue weighted by molar-refractivity contribution is 5.87. The minimum atomic E-state index is 0.0681. The third kappa shape index (κ3) is 3.85. The molecule has 0 amide bonds. The molecule has 0 radical (unpaired) electrons. The van der Waals surface area contributed by atoms with E-state index in [1.165, 1.54) is 12.5 Å². The van der Waals surface area contributed by atoms with Gasteiger partial charge >= 0.3 is 0 Å². The Bertz CT molecular complexity index is 355. The molecule has 0 aliphatic carbocycles. The summed E-state index contributed by atoms with van der Waals surface area (Å²) in [7, 11) is 0. The highest BCUT2D eigenvalue weighted by Gasteiger charge is 1.84. The molecule has 0 unspecified atom stereocenters. The summed E-state index contributed by atoms with van der Waals surface area (Å²) in [6.45, 7) is 3.60. The number of hydrogen-bond acceptors (Lipinski definition) is 1. The number of rotatable bonds is 3. The summed E-state index contributed by atoms with van der Waals surface area (Å²) in [5, 5.41) is 0. The van der Waals surface area contributed by atoms with Crippen molar-refractivity contribution in [2.45, 2.75) is 13.8 Å². The molecule has 0 heterocycles. The van der Waals surface area contributed by atoms with Gasteiger partial charge in [0.15, 0.2) is 5.78 Å². The van der Waals surface area contributed by atoms with Gasteiger partial charge in [-0.1, -0.05) is 48.1 Å². The van der Waals surface area contributed by atoms with Crippen molar-refractivity contribution >= 4 is 11.9 Å². The summed E-state index contributed by atoms with van der Waals surface area (Å²) in [5.41, 5.74) is 2.39. The van der Waals surface area contributed by atoms with Crippen LogP contribution in [0.2, 0.25) is 0 Å². The molecule has 0 bridgehead atoms. The van der Waals surface area contributed by atoms with E-state index < -0.39 is 0 Å². The van der Waals surface area contributed by atoms with Crippen LogP contribution in [-0.2, 0) is 4.79 Å². The molecule has 0 aromatic heterocycles. The fraction of sp³-hybridized carbons (Fsp3) is 0.154. The predicted octanol–water partition coefficient (Wildman–Crippen LogP) is 3.15. The number of hydrogen-bond donors (Lipinski definition) is 0. The second kappa shape index (κ2) is 5.18. The Morgan fingerprint density at radius 1 is 1.14 bits per heavy atom. The van der Waals surface area contributed by atoms with Crippen molar-refractivity contribution in [2.24, 2.45) is 0 Å². The van der Waals surface area contributed by atoms with E-state index in [0.717, 1.165) is 5.56 Å². The van der Waals surface area contributed by atoms with Crippen LogP contribution in [0.5, 0.6) is 0 Å². The van der Waals surface area contributed by atoms with Gasteiger partial charge in [0.2, 0.25) is 0 Å². The molecule has 1 nitrogen and oxygen atoms in total. The standard InChI is InChI=1S/C13H14O/c1-11-7-9-13(10-8-11)6-4-3-5-12(2)14/h3-10H,1-2H3/b5-3+,6-4+. The molecule has 0 N–H and O–H groups in total. The summed E-state index contributed by atoms with van der Waals surface area (Å²) in [5.74, 6) is 0.0681. The number of aryl methyl sites for hydroxylation is 1. The predicted molar refractivity (Wildman–Crippen MR) is 60.0 cm³/mol. The average molecular weight is 186 g/mol. The van der Waals surface area contributed by atoms with Gasteiger partial charge in [0, 0.05) is 0 Å². The molecule has 0 saturated carbocycles. The molecular formula is C13H14O. The summed E-state index contributed by atoms with van der Waals surface area (Å²) in [6.07, 6.45) is 7.14. The van der Waals surface area contributed by atoms with Crippen molar-refractivity contribution in [3.63, 3.8) is 0 Å². The lowest BCUT2D eigenvalue weighted by atomic mass is 10.1.